The Morgan fingerprint density at radius 1 is 1.16 bits per heavy atom. The van der Waals surface area contributed by atoms with Crippen LogP contribution in [0.1, 0.15) is 11.4 Å². The number of carbonyl (C=O) groups is 1. The Kier molecular flexibility index (Phi) is 8.12. The highest BCUT2D eigenvalue weighted by atomic mass is 32.2. The van der Waals surface area contributed by atoms with Gasteiger partial charge < -0.3 is 19.4 Å². The maximum absolute atomic E-state index is 12.5. The number of anilines is 1. The Balaban J connectivity index is 1.55. The van der Waals surface area contributed by atoms with Crippen LogP contribution in [0.3, 0.4) is 0 Å². The molecule has 1 amide bonds. The van der Waals surface area contributed by atoms with Crippen LogP contribution in [0.25, 0.3) is 0 Å². The number of nitrogens with one attached hydrogen (secondary N) is 1. The average Bonchev–Trinajstić information content (AvgIpc) is 3.14. The number of ether oxygens (including phenoxy) is 2. The van der Waals surface area contributed by atoms with Crippen LogP contribution in [-0.4, -0.2) is 40.1 Å². The van der Waals surface area contributed by atoms with E-state index in [0.29, 0.717) is 24.7 Å². The number of benzene rings is 2. The number of methoxy groups -OCH3 is 1. The monoisotopic (exact) mass is 438 g/mol. The highest BCUT2D eigenvalue weighted by molar-refractivity contribution is 7.99. The normalized spacial score (nSPS) is 10.5. The lowest BCUT2D eigenvalue weighted by Gasteiger charge is -2.10. The first-order chi connectivity index (χ1) is 15.1. The van der Waals surface area contributed by atoms with E-state index >= 15 is 0 Å². The van der Waals surface area contributed by atoms with E-state index in [9.17, 15) is 4.79 Å². The van der Waals surface area contributed by atoms with E-state index in [1.807, 2.05) is 60.0 Å². The van der Waals surface area contributed by atoms with Crippen molar-refractivity contribution in [2.45, 2.75) is 25.0 Å². The van der Waals surface area contributed by atoms with Crippen LogP contribution in [0.15, 0.2) is 66.3 Å². The summed E-state index contributed by atoms with van der Waals surface area (Å²) in [6.07, 6.45) is 1.90. The van der Waals surface area contributed by atoms with E-state index in [2.05, 4.69) is 22.1 Å². The molecule has 3 rings (SSSR count). The van der Waals surface area contributed by atoms with Gasteiger partial charge in [-0.05, 0) is 42.8 Å². The van der Waals surface area contributed by atoms with Crippen molar-refractivity contribution >= 4 is 23.4 Å². The van der Waals surface area contributed by atoms with Gasteiger partial charge in [-0.15, -0.1) is 16.8 Å². The van der Waals surface area contributed by atoms with Crippen LogP contribution in [0.2, 0.25) is 0 Å². The van der Waals surface area contributed by atoms with E-state index in [1.165, 1.54) is 11.8 Å². The summed E-state index contributed by atoms with van der Waals surface area (Å²) in [5.74, 6) is 2.73. The minimum absolute atomic E-state index is 0.133. The zero-order chi connectivity index (χ0) is 22.1. The predicted octanol–water partition coefficient (Wildman–Crippen LogP) is 4.13. The minimum Gasteiger partial charge on any atom is -0.497 e. The summed E-state index contributed by atoms with van der Waals surface area (Å²) >= 11 is 1.53. The quantitative estimate of drug-likeness (QED) is 0.275. The number of hydrogen-bond donors (Lipinski definition) is 1. The predicted molar refractivity (Wildman–Crippen MR) is 123 cm³/mol. The molecule has 0 saturated carbocycles. The lowest BCUT2D eigenvalue weighted by molar-refractivity contribution is -0.115. The third kappa shape index (κ3) is 6.36. The van der Waals surface area contributed by atoms with Gasteiger partial charge in [0.25, 0.3) is 0 Å². The van der Waals surface area contributed by atoms with Gasteiger partial charge in [-0.2, -0.15) is 0 Å². The molecular formula is C23H26N4O3S. The molecule has 0 fully saturated rings. The number of rotatable bonds is 11. The van der Waals surface area contributed by atoms with Crippen LogP contribution in [0.5, 0.6) is 11.5 Å². The molecule has 0 aliphatic carbocycles. The van der Waals surface area contributed by atoms with Crippen LogP contribution in [-0.2, 0) is 17.8 Å². The Bertz CT molecular complexity index is 1020. The van der Waals surface area contributed by atoms with Crippen molar-refractivity contribution in [3.05, 3.63) is 72.6 Å². The number of amides is 1. The third-order valence-electron chi connectivity index (χ3n) is 4.49. The summed E-state index contributed by atoms with van der Waals surface area (Å²) in [7, 11) is 1.63. The summed E-state index contributed by atoms with van der Waals surface area (Å²) in [5.41, 5.74) is 1.81. The number of allylic oxidation sites excluding steroid dienone is 1. The van der Waals surface area contributed by atoms with Crippen molar-refractivity contribution in [1.29, 1.82) is 0 Å². The molecule has 0 radical (unpaired) electrons. The Hall–Kier alpha value is -3.26. The van der Waals surface area contributed by atoms with E-state index in [4.69, 9.17) is 9.47 Å². The van der Waals surface area contributed by atoms with Crippen molar-refractivity contribution in [1.82, 2.24) is 14.8 Å². The second-order valence-corrected chi connectivity index (χ2v) is 7.77. The molecule has 162 valence electrons. The molecule has 0 atom stereocenters. The Labute approximate surface area is 186 Å². The van der Waals surface area contributed by atoms with Gasteiger partial charge in [0.1, 0.15) is 17.3 Å². The van der Waals surface area contributed by atoms with Gasteiger partial charge in [-0.1, -0.05) is 36.0 Å². The second kappa shape index (κ2) is 11.2. The smallest absolute Gasteiger partial charge is 0.232 e. The Morgan fingerprint density at radius 2 is 1.90 bits per heavy atom. The zero-order valence-electron chi connectivity index (χ0n) is 17.7. The number of para-hydroxylation sites is 1. The van der Waals surface area contributed by atoms with Crippen molar-refractivity contribution in [2.24, 2.45) is 0 Å². The summed E-state index contributed by atoms with van der Waals surface area (Å²) in [6.45, 7) is 6.81. The van der Waals surface area contributed by atoms with E-state index in [-0.39, 0.29) is 12.3 Å². The van der Waals surface area contributed by atoms with Crippen LogP contribution >= 0.6 is 11.8 Å². The molecule has 0 bridgehead atoms. The summed E-state index contributed by atoms with van der Waals surface area (Å²) in [5, 5.41) is 12.1. The maximum atomic E-state index is 12.5. The first-order valence-corrected chi connectivity index (χ1v) is 10.9. The molecule has 1 aromatic heterocycles. The van der Waals surface area contributed by atoms with E-state index in [0.717, 1.165) is 27.9 Å². The molecule has 0 aliphatic rings. The van der Waals surface area contributed by atoms with Crippen molar-refractivity contribution in [3.8, 4) is 11.5 Å². The van der Waals surface area contributed by atoms with Gasteiger partial charge in [0, 0.05) is 18.0 Å². The number of nitrogens with zero attached hydrogens (tertiary/aromatic N) is 3. The van der Waals surface area contributed by atoms with Gasteiger partial charge in [-0.3, -0.25) is 4.79 Å². The SMILES string of the molecule is C=CCn1c(CC(=O)Nc2ccccc2C)nnc1SCCOc1ccc(OC)cc1. The lowest BCUT2D eigenvalue weighted by atomic mass is 10.2. The van der Waals surface area contributed by atoms with Crippen LogP contribution in [0, 0.1) is 6.92 Å². The van der Waals surface area contributed by atoms with Crippen molar-refractivity contribution in [3.63, 3.8) is 0 Å². The largest absolute Gasteiger partial charge is 0.497 e. The molecule has 3 aromatic rings. The fraction of sp³-hybridized carbons (Fsp3) is 0.261. The highest BCUT2D eigenvalue weighted by Gasteiger charge is 2.15. The van der Waals surface area contributed by atoms with Gasteiger partial charge in [0.15, 0.2) is 5.16 Å². The molecule has 8 heteroatoms. The average molecular weight is 439 g/mol. The zero-order valence-corrected chi connectivity index (χ0v) is 18.5. The molecule has 0 unspecified atom stereocenters. The minimum atomic E-state index is -0.133. The molecule has 0 saturated heterocycles. The standard InChI is InChI=1S/C23H26N4O3S/c1-4-13-27-21(16-22(28)24-20-8-6-5-7-17(20)2)25-26-23(27)31-15-14-30-19-11-9-18(29-3)10-12-19/h4-12H,1,13-16H2,2-3H3,(H,24,28). The van der Waals surface area contributed by atoms with Crippen LogP contribution in [0.4, 0.5) is 5.69 Å². The van der Waals surface area contributed by atoms with Gasteiger partial charge in [0.05, 0.1) is 20.1 Å². The molecular weight excluding hydrogens is 412 g/mol. The fourth-order valence-corrected chi connectivity index (χ4v) is 3.67. The first-order valence-electron chi connectivity index (χ1n) is 9.89. The number of thioether (sulfide) groups is 1. The number of aromatic nitrogens is 3. The fourth-order valence-electron chi connectivity index (χ4n) is 2.88. The van der Waals surface area contributed by atoms with Gasteiger partial charge in [0.2, 0.25) is 5.91 Å². The summed E-state index contributed by atoms with van der Waals surface area (Å²) in [4.78, 5) is 12.5. The highest BCUT2D eigenvalue weighted by Crippen LogP contribution is 2.20. The second-order valence-electron chi connectivity index (χ2n) is 6.71. The number of aryl methyl sites for hydroxylation is 1. The van der Waals surface area contributed by atoms with Gasteiger partial charge in [-0.25, -0.2) is 0 Å². The molecule has 0 spiro atoms. The van der Waals surface area contributed by atoms with Crippen molar-refractivity contribution < 1.29 is 14.3 Å². The van der Waals surface area contributed by atoms with Crippen molar-refractivity contribution in [2.75, 3.05) is 24.8 Å². The molecule has 1 N–H and O–H groups in total. The topological polar surface area (TPSA) is 78.3 Å². The van der Waals surface area contributed by atoms with E-state index in [1.54, 1.807) is 13.2 Å². The molecule has 31 heavy (non-hydrogen) atoms. The number of hydrogen-bond acceptors (Lipinski definition) is 6. The molecule has 0 aliphatic heterocycles. The summed E-state index contributed by atoms with van der Waals surface area (Å²) < 4.78 is 12.8. The van der Waals surface area contributed by atoms with Gasteiger partial charge >= 0.3 is 0 Å². The van der Waals surface area contributed by atoms with E-state index < -0.39 is 0 Å². The molecule has 1 heterocycles. The summed E-state index contributed by atoms with van der Waals surface area (Å²) in [6, 6.07) is 15.1. The first kappa shape index (κ1) is 22.4. The third-order valence-corrected chi connectivity index (χ3v) is 5.42. The van der Waals surface area contributed by atoms with Crippen LogP contribution < -0.4 is 14.8 Å². The molecule has 2 aromatic carbocycles. The maximum Gasteiger partial charge on any atom is 0.232 e. The Morgan fingerprint density at radius 3 is 2.61 bits per heavy atom. The number of carbonyl (C=O) groups excluding carboxylic acids is 1. The lowest BCUT2D eigenvalue weighted by Crippen LogP contribution is -2.18. The molecule has 7 nitrogen and oxygen atoms in total.